The maximum Gasteiger partial charge on any atom is 0.366 e. The Morgan fingerprint density at radius 1 is 0.789 bits per heavy atom. The van der Waals surface area contributed by atoms with Gasteiger partial charge in [-0.3, -0.25) is 0 Å². The smallest absolute Gasteiger partial charge is 0.366 e. The number of hydrogen-bond acceptors (Lipinski definition) is 8. The zero-order valence-electron chi connectivity index (χ0n) is 23.0. The fourth-order valence-electron chi connectivity index (χ4n) is 3.16. The van der Waals surface area contributed by atoms with Gasteiger partial charge in [-0.1, -0.05) is 42.5 Å². The van der Waals surface area contributed by atoms with E-state index in [1.807, 2.05) is 48.5 Å². The largest absolute Gasteiger partial charge is 0.493 e. The van der Waals surface area contributed by atoms with Crippen LogP contribution in [0.4, 0.5) is 0 Å². The molecule has 0 heterocycles. The summed E-state index contributed by atoms with van der Waals surface area (Å²) in [4.78, 5) is 31.9. The molecule has 208 valence electrons. The second kappa shape index (κ2) is 13.1. The van der Waals surface area contributed by atoms with Gasteiger partial charge in [0.2, 0.25) is 5.96 Å². The molecule has 0 atom stereocenters. The SMILES string of the molecule is CC(C)(C)OC(=O)C(CCOc1cccc(COCc2ccccc2)c1)(ON=C(N)N)C(=O)OC(C)(C)C. The number of rotatable bonds is 12. The van der Waals surface area contributed by atoms with E-state index in [1.54, 1.807) is 47.6 Å². The number of guanidine groups is 1. The van der Waals surface area contributed by atoms with Crippen LogP contribution < -0.4 is 16.2 Å². The van der Waals surface area contributed by atoms with Crippen molar-refractivity contribution in [1.29, 1.82) is 0 Å². The van der Waals surface area contributed by atoms with Crippen molar-refractivity contribution >= 4 is 17.9 Å². The number of benzene rings is 2. The first-order valence-electron chi connectivity index (χ1n) is 12.3. The first-order chi connectivity index (χ1) is 17.7. The van der Waals surface area contributed by atoms with E-state index in [0.717, 1.165) is 11.1 Å². The van der Waals surface area contributed by atoms with Gasteiger partial charge < -0.3 is 35.3 Å². The molecule has 0 aromatic heterocycles. The normalized spacial score (nSPS) is 11.8. The minimum atomic E-state index is -2.30. The number of ether oxygens (including phenoxy) is 4. The Bertz CT molecular complexity index is 1060. The number of nitrogens with zero attached hydrogens (tertiary/aromatic N) is 1. The number of carbonyl (C=O) groups is 2. The summed E-state index contributed by atoms with van der Waals surface area (Å²) in [6, 6.07) is 17.1. The van der Waals surface area contributed by atoms with Crippen LogP contribution in [0, 0.1) is 0 Å². The van der Waals surface area contributed by atoms with Crippen molar-refractivity contribution < 1.29 is 33.4 Å². The highest BCUT2D eigenvalue weighted by Crippen LogP contribution is 2.27. The van der Waals surface area contributed by atoms with Crippen molar-refractivity contribution in [2.24, 2.45) is 16.6 Å². The van der Waals surface area contributed by atoms with E-state index >= 15 is 0 Å². The lowest BCUT2D eigenvalue weighted by molar-refractivity contribution is -0.205. The number of carbonyl (C=O) groups excluding carboxylic acids is 2. The van der Waals surface area contributed by atoms with E-state index in [-0.39, 0.29) is 13.0 Å². The average Bonchev–Trinajstić information content (AvgIpc) is 2.80. The standard InChI is InChI=1S/C28H39N3O7/c1-26(2,3)36-23(32)28(38-31-25(29)30,24(33)37-27(4,5)6)15-16-35-22-14-10-13-21(17-22)19-34-18-20-11-8-7-9-12-20/h7-14,17H,15-16,18-19H2,1-6H3,(H4,29,30,31). The molecule has 2 aromatic carbocycles. The van der Waals surface area contributed by atoms with Gasteiger partial charge in [0.1, 0.15) is 17.0 Å². The molecule has 0 aliphatic heterocycles. The second-order valence-electron chi connectivity index (χ2n) is 10.7. The Labute approximate surface area is 224 Å². The van der Waals surface area contributed by atoms with E-state index in [9.17, 15) is 9.59 Å². The van der Waals surface area contributed by atoms with Crippen LogP contribution in [0.1, 0.15) is 59.1 Å². The van der Waals surface area contributed by atoms with Crippen molar-refractivity contribution in [3.63, 3.8) is 0 Å². The summed E-state index contributed by atoms with van der Waals surface area (Å²) in [7, 11) is 0. The summed E-state index contributed by atoms with van der Waals surface area (Å²) < 4.78 is 22.6. The van der Waals surface area contributed by atoms with Gasteiger partial charge in [0.25, 0.3) is 0 Å². The van der Waals surface area contributed by atoms with Crippen LogP contribution in [0.3, 0.4) is 0 Å². The van der Waals surface area contributed by atoms with Gasteiger partial charge in [-0.25, -0.2) is 9.59 Å². The molecule has 10 heteroatoms. The van der Waals surface area contributed by atoms with Crippen molar-refractivity contribution in [2.75, 3.05) is 6.61 Å². The zero-order chi connectivity index (χ0) is 28.4. The van der Waals surface area contributed by atoms with Crippen LogP contribution in [-0.4, -0.2) is 41.3 Å². The van der Waals surface area contributed by atoms with E-state index in [0.29, 0.717) is 19.0 Å². The summed E-state index contributed by atoms with van der Waals surface area (Å²) in [5.74, 6) is -1.98. The fraction of sp³-hybridized carbons (Fsp3) is 0.464. The Hall–Kier alpha value is -3.79. The Morgan fingerprint density at radius 3 is 1.89 bits per heavy atom. The van der Waals surface area contributed by atoms with Gasteiger partial charge in [-0.05, 0) is 70.0 Å². The van der Waals surface area contributed by atoms with Crippen molar-refractivity contribution in [2.45, 2.75) is 78.0 Å². The fourth-order valence-corrected chi connectivity index (χ4v) is 3.16. The molecule has 0 fully saturated rings. The highest BCUT2D eigenvalue weighted by Gasteiger charge is 2.55. The lowest BCUT2D eigenvalue weighted by Crippen LogP contribution is -2.54. The van der Waals surface area contributed by atoms with Crippen LogP contribution in [0.2, 0.25) is 0 Å². The highest BCUT2D eigenvalue weighted by molar-refractivity contribution is 6.04. The van der Waals surface area contributed by atoms with E-state index in [4.69, 9.17) is 35.3 Å². The lowest BCUT2D eigenvalue weighted by Gasteiger charge is -2.32. The number of oxime groups is 1. The molecule has 0 aliphatic rings. The first kappa shape index (κ1) is 30.4. The second-order valence-corrected chi connectivity index (χ2v) is 10.7. The molecule has 38 heavy (non-hydrogen) atoms. The number of nitrogens with two attached hydrogens (primary N) is 2. The molecular formula is C28H39N3O7. The summed E-state index contributed by atoms with van der Waals surface area (Å²) in [6.07, 6.45) is -0.289. The third-order valence-corrected chi connectivity index (χ3v) is 4.77. The molecule has 0 amide bonds. The highest BCUT2D eigenvalue weighted by atomic mass is 16.7. The van der Waals surface area contributed by atoms with Gasteiger partial charge in [-0.2, -0.15) is 0 Å². The van der Waals surface area contributed by atoms with Crippen LogP contribution in [-0.2, 0) is 41.9 Å². The topological polar surface area (TPSA) is 145 Å². The van der Waals surface area contributed by atoms with E-state index in [2.05, 4.69) is 5.16 Å². The molecule has 0 saturated carbocycles. The monoisotopic (exact) mass is 529 g/mol. The third kappa shape index (κ3) is 10.3. The lowest BCUT2D eigenvalue weighted by atomic mass is 9.99. The van der Waals surface area contributed by atoms with E-state index < -0.39 is 34.7 Å². The van der Waals surface area contributed by atoms with Crippen LogP contribution in [0.15, 0.2) is 59.8 Å². The Morgan fingerprint density at radius 2 is 1.34 bits per heavy atom. The minimum absolute atomic E-state index is 0.118. The Balaban J connectivity index is 2.18. The molecule has 4 N–H and O–H groups in total. The van der Waals surface area contributed by atoms with Gasteiger partial charge in [0, 0.05) is 6.42 Å². The first-order valence-corrected chi connectivity index (χ1v) is 12.3. The molecule has 0 spiro atoms. The summed E-state index contributed by atoms with van der Waals surface area (Å²) in [5.41, 5.74) is 8.64. The number of esters is 2. The predicted molar refractivity (Wildman–Crippen MR) is 143 cm³/mol. The van der Waals surface area contributed by atoms with Crippen molar-refractivity contribution in [1.82, 2.24) is 0 Å². The minimum Gasteiger partial charge on any atom is -0.493 e. The van der Waals surface area contributed by atoms with Crippen LogP contribution >= 0.6 is 0 Å². The average molecular weight is 530 g/mol. The molecule has 0 saturated heterocycles. The third-order valence-electron chi connectivity index (χ3n) is 4.77. The summed E-state index contributed by atoms with van der Waals surface area (Å²) in [6.45, 7) is 10.7. The molecule has 10 nitrogen and oxygen atoms in total. The van der Waals surface area contributed by atoms with Crippen molar-refractivity contribution in [3.05, 3.63) is 65.7 Å². The predicted octanol–water partition coefficient (Wildman–Crippen LogP) is 3.80. The molecule has 0 bridgehead atoms. The number of hydrogen-bond donors (Lipinski definition) is 2. The molecule has 2 rings (SSSR count). The van der Waals surface area contributed by atoms with Gasteiger partial charge in [0.05, 0.1) is 19.8 Å². The van der Waals surface area contributed by atoms with Gasteiger partial charge in [0.15, 0.2) is 0 Å². The summed E-state index contributed by atoms with van der Waals surface area (Å²) in [5, 5.41) is 3.50. The van der Waals surface area contributed by atoms with Gasteiger partial charge in [-0.15, -0.1) is 0 Å². The zero-order valence-corrected chi connectivity index (χ0v) is 23.0. The van der Waals surface area contributed by atoms with Gasteiger partial charge >= 0.3 is 17.5 Å². The molecule has 2 aromatic rings. The molecule has 0 unspecified atom stereocenters. The van der Waals surface area contributed by atoms with E-state index in [1.165, 1.54) is 0 Å². The Kier molecular flexibility index (Phi) is 10.5. The molecule has 0 radical (unpaired) electrons. The summed E-state index contributed by atoms with van der Waals surface area (Å²) >= 11 is 0. The van der Waals surface area contributed by atoms with Crippen LogP contribution in [0.5, 0.6) is 5.75 Å². The van der Waals surface area contributed by atoms with Crippen LogP contribution in [0.25, 0.3) is 0 Å². The maximum absolute atomic E-state index is 13.3. The molecular weight excluding hydrogens is 490 g/mol. The van der Waals surface area contributed by atoms with Crippen molar-refractivity contribution in [3.8, 4) is 5.75 Å². The maximum atomic E-state index is 13.3. The quantitative estimate of drug-likeness (QED) is 0.138. The molecule has 0 aliphatic carbocycles.